The Balaban J connectivity index is 1.29. The van der Waals surface area contributed by atoms with Gasteiger partial charge in [-0.3, -0.25) is 4.79 Å². The van der Waals surface area contributed by atoms with Gasteiger partial charge < -0.3 is 14.1 Å². The quantitative estimate of drug-likeness (QED) is 0.623. The number of ether oxygens (including phenoxy) is 1. The van der Waals surface area contributed by atoms with E-state index in [1.54, 1.807) is 29.2 Å². The van der Waals surface area contributed by atoms with Crippen LogP contribution in [-0.2, 0) is 9.53 Å². The lowest BCUT2D eigenvalue weighted by Gasteiger charge is -2.26. The molecular weight excluding hydrogens is 370 g/mol. The number of aromatic nitrogens is 2. The van der Waals surface area contributed by atoms with Crippen LogP contribution in [0.5, 0.6) is 0 Å². The highest BCUT2D eigenvalue weighted by Gasteiger charge is 2.19. The first kappa shape index (κ1) is 18.6. The van der Waals surface area contributed by atoms with Crippen LogP contribution in [0.15, 0.2) is 71.5 Å². The van der Waals surface area contributed by atoms with Gasteiger partial charge in [-0.2, -0.15) is 0 Å². The van der Waals surface area contributed by atoms with Crippen molar-refractivity contribution in [3.63, 3.8) is 0 Å². The van der Waals surface area contributed by atoms with Crippen molar-refractivity contribution in [1.82, 2.24) is 15.1 Å². The summed E-state index contributed by atoms with van der Waals surface area (Å²) in [6, 6.07) is 16.7. The standard InChI is InChI=1S/C22H19N3O4/c26-20(25-12-10-17(11-13-25)16-4-2-1-3-5-16)14-28-22(27)19-8-6-18(7-9-19)21-24-23-15-29-21/h1-10,15H,11-14H2. The highest BCUT2D eigenvalue weighted by Crippen LogP contribution is 2.22. The predicted octanol–water partition coefficient (Wildman–Crippen LogP) is 3.21. The van der Waals surface area contributed by atoms with E-state index in [0.717, 1.165) is 6.42 Å². The maximum Gasteiger partial charge on any atom is 0.338 e. The molecule has 0 radical (unpaired) electrons. The minimum Gasteiger partial charge on any atom is -0.452 e. The van der Waals surface area contributed by atoms with Gasteiger partial charge in [0, 0.05) is 18.7 Å². The first-order chi connectivity index (χ1) is 14.2. The second kappa shape index (κ2) is 8.52. The Hall–Kier alpha value is -3.74. The molecule has 7 heteroatoms. The molecule has 1 amide bonds. The molecule has 4 rings (SSSR count). The molecule has 2 aromatic carbocycles. The van der Waals surface area contributed by atoms with Gasteiger partial charge in [-0.25, -0.2) is 4.79 Å². The van der Waals surface area contributed by atoms with Crippen LogP contribution in [0.25, 0.3) is 17.0 Å². The molecule has 0 atom stereocenters. The van der Waals surface area contributed by atoms with Gasteiger partial charge in [0.05, 0.1) is 5.56 Å². The Labute approximate surface area is 167 Å². The maximum absolute atomic E-state index is 12.4. The first-order valence-electron chi connectivity index (χ1n) is 9.26. The van der Waals surface area contributed by atoms with Crippen LogP contribution >= 0.6 is 0 Å². The smallest absolute Gasteiger partial charge is 0.338 e. The van der Waals surface area contributed by atoms with Crippen LogP contribution in [0.2, 0.25) is 0 Å². The number of carbonyl (C=O) groups excluding carboxylic acids is 2. The summed E-state index contributed by atoms with van der Waals surface area (Å²) in [5.41, 5.74) is 3.46. The topological polar surface area (TPSA) is 85.5 Å². The fourth-order valence-electron chi connectivity index (χ4n) is 3.16. The third-order valence-corrected chi connectivity index (χ3v) is 4.76. The van der Waals surface area contributed by atoms with E-state index in [9.17, 15) is 9.59 Å². The van der Waals surface area contributed by atoms with Crippen LogP contribution in [0.4, 0.5) is 0 Å². The average molecular weight is 389 g/mol. The van der Waals surface area contributed by atoms with Gasteiger partial charge in [0.1, 0.15) is 0 Å². The molecule has 3 aromatic rings. The van der Waals surface area contributed by atoms with Crippen LogP contribution in [0, 0.1) is 0 Å². The lowest BCUT2D eigenvalue weighted by atomic mass is 10.00. The minimum absolute atomic E-state index is 0.204. The molecule has 0 saturated carbocycles. The monoisotopic (exact) mass is 389 g/mol. The lowest BCUT2D eigenvalue weighted by molar-refractivity contribution is -0.134. The SMILES string of the molecule is O=C(OCC(=O)N1CC=C(c2ccccc2)CC1)c1ccc(-c2nnco2)cc1. The first-order valence-corrected chi connectivity index (χ1v) is 9.26. The van der Waals surface area contributed by atoms with Crippen LogP contribution in [0.3, 0.4) is 0 Å². The number of nitrogens with zero attached hydrogens (tertiary/aromatic N) is 3. The summed E-state index contributed by atoms with van der Waals surface area (Å²) in [6.07, 6.45) is 4.07. The van der Waals surface area contributed by atoms with E-state index >= 15 is 0 Å². The zero-order valence-electron chi connectivity index (χ0n) is 15.7. The zero-order chi connectivity index (χ0) is 20.1. The van der Waals surface area contributed by atoms with Crippen LogP contribution < -0.4 is 0 Å². The van der Waals surface area contributed by atoms with Gasteiger partial charge in [0.2, 0.25) is 12.3 Å². The number of hydrogen-bond donors (Lipinski definition) is 0. The van der Waals surface area contributed by atoms with Crippen molar-refractivity contribution in [3.05, 3.63) is 78.2 Å². The zero-order valence-corrected chi connectivity index (χ0v) is 15.7. The molecule has 2 heterocycles. The molecule has 0 unspecified atom stereocenters. The largest absolute Gasteiger partial charge is 0.452 e. The van der Waals surface area contributed by atoms with E-state index in [4.69, 9.17) is 9.15 Å². The highest BCUT2D eigenvalue weighted by molar-refractivity contribution is 5.91. The molecule has 0 spiro atoms. The van der Waals surface area contributed by atoms with Gasteiger partial charge in [0.25, 0.3) is 5.91 Å². The summed E-state index contributed by atoms with van der Waals surface area (Å²) in [5, 5.41) is 7.43. The van der Waals surface area contributed by atoms with Crippen molar-refractivity contribution in [1.29, 1.82) is 0 Å². The third kappa shape index (κ3) is 4.40. The lowest BCUT2D eigenvalue weighted by Crippen LogP contribution is -2.37. The predicted molar refractivity (Wildman–Crippen MR) is 106 cm³/mol. The number of esters is 1. The molecule has 0 fully saturated rings. The van der Waals surface area contributed by atoms with Crippen molar-refractivity contribution in [3.8, 4) is 11.5 Å². The van der Waals surface area contributed by atoms with E-state index in [1.165, 1.54) is 17.5 Å². The third-order valence-electron chi connectivity index (χ3n) is 4.76. The number of benzene rings is 2. The summed E-state index contributed by atoms with van der Waals surface area (Å²) in [7, 11) is 0. The van der Waals surface area contributed by atoms with Gasteiger partial charge in [0.15, 0.2) is 6.61 Å². The van der Waals surface area contributed by atoms with E-state index in [-0.39, 0.29) is 12.5 Å². The van der Waals surface area contributed by atoms with Gasteiger partial charge in [-0.15, -0.1) is 10.2 Å². The second-order valence-corrected chi connectivity index (χ2v) is 6.58. The molecule has 0 aliphatic carbocycles. The van der Waals surface area contributed by atoms with Gasteiger partial charge >= 0.3 is 5.97 Å². The van der Waals surface area contributed by atoms with Crippen LogP contribution in [0.1, 0.15) is 22.3 Å². The molecule has 1 aliphatic rings. The maximum atomic E-state index is 12.4. The Bertz CT molecular complexity index is 1010. The summed E-state index contributed by atoms with van der Waals surface area (Å²) < 4.78 is 10.3. The average Bonchev–Trinajstić information content (AvgIpc) is 3.33. The van der Waals surface area contributed by atoms with Crippen molar-refractivity contribution >= 4 is 17.4 Å². The Morgan fingerprint density at radius 3 is 2.48 bits per heavy atom. The molecular formula is C22H19N3O4. The molecule has 29 heavy (non-hydrogen) atoms. The van der Waals surface area contributed by atoms with Crippen molar-refractivity contribution in [2.24, 2.45) is 0 Å². The van der Waals surface area contributed by atoms with Crippen molar-refractivity contribution in [2.45, 2.75) is 6.42 Å². The Morgan fingerprint density at radius 2 is 1.83 bits per heavy atom. The molecule has 7 nitrogen and oxygen atoms in total. The number of hydrogen-bond acceptors (Lipinski definition) is 6. The summed E-state index contributed by atoms with van der Waals surface area (Å²) in [5.74, 6) is -0.384. The number of amides is 1. The fraction of sp³-hybridized carbons (Fsp3) is 0.182. The molecule has 1 aromatic heterocycles. The normalized spacial score (nSPS) is 13.7. The Morgan fingerprint density at radius 1 is 1.03 bits per heavy atom. The van der Waals surface area contributed by atoms with Gasteiger partial charge in [-0.1, -0.05) is 36.4 Å². The minimum atomic E-state index is -0.548. The Kier molecular flexibility index (Phi) is 5.47. The number of rotatable bonds is 5. The van der Waals surface area contributed by atoms with E-state index in [1.807, 2.05) is 18.2 Å². The van der Waals surface area contributed by atoms with Crippen LogP contribution in [-0.4, -0.2) is 46.7 Å². The summed E-state index contributed by atoms with van der Waals surface area (Å²) >= 11 is 0. The van der Waals surface area contributed by atoms with E-state index < -0.39 is 5.97 Å². The summed E-state index contributed by atoms with van der Waals surface area (Å²) in [4.78, 5) is 26.3. The molecule has 0 N–H and O–H groups in total. The molecule has 1 aliphatic heterocycles. The highest BCUT2D eigenvalue weighted by atomic mass is 16.5. The molecule has 0 saturated heterocycles. The number of carbonyl (C=O) groups is 2. The van der Waals surface area contributed by atoms with Crippen molar-refractivity contribution in [2.75, 3.05) is 19.7 Å². The fourth-order valence-corrected chi connectivity index (χ4v) is 3.16. The molecule has 0 bridgehead atoms. The van der Waals surface area contributed by atoms with E-state index in [0.29, 0.717) is 30.1 Å². The summed E-state index contributed by atoms with van der Waals surface area (Å²) in [6.45, 7) is 0.842. The van der Waals surface area contributed by atoms with Crippen molar-refractivity contribution < 1.29 is 18.7 Å². The molecule has 146 valence electrons. The van der Waals surface area contributed by atoms with E-state index in [2.05, 4.69) is 28.4 Å². The van der Waals surface area contributed by atoms with Gasteiger partial charge in [-0.05, 0) is 41.8 Å². The second-order valence-electron chi connectivity index (χ2n) is 6.58.